The van der Waals surface area contributed by atoms with Crippen molar-refractivity contribution < 1.29 is 49.7 Å². The van der Waals surface area contributed by atoms with Crippen LogP contribution in [0.4, 0.5) is 0 Å². The van der Waals surface area contributed by atoms with Gasteiger partial charge >= 0.3 is 5.97 Å². The topological polar surface area (TPSA) is 107 Å². The Labute approximate surface area is 204 Å². The molecule has 0 bridgehead atoms. The number of para-hydroxylation sites is 1. The normalized spacial score (nSPS) is 11.1. The number of aromatic carboxylic acids is 1. The third-order valence-corrected chi connectivity index (χ3v) is 5.22. The predicted molar refractivity (Wildman–Crippen MR) is 122 cm³/mol. The predicted octanol–water partition coefficient (Wildman–Crippen LogP) is 5.77. The van der Waals surface area contributed by atoms with Crippen molar-refractivity contribution in [3.8, 4) is 11.5 Å². The summed E-state index contributed by atoms with van der Waals surface area (Å²) in [5.41, 5.74) is 2.97. The molecule has 4 rings (SSSR count). The van der Waals surface area contributed by atoms with Crippen LogP contribution in [0.1, 0.15) is 39.9 Å². The summed E-state index contributed by atoms with van der Waals surface area (Å²) in [4.78, 5) is 14.4. The van der Waals surface area contributed by atoms with E-state index in [2.05, 4.69) is 36.1 Å². The quantitative estimate of drug-likeness (QED) is 0.158. The standard InChI is InChI=1S/C19H18O3.C7H6O3.Zn/c1-13(14-5-3-2-4-6-14)15-7-8-16-11-19(20)18(12-22-21)10-17(16)9-15;8-6-4-2-1-3-5(6)7(9)10;/h2-11,13,20-21H,12H2,1H3;1-4,8H,(H,9,10);. The van der Waals surface area contributed by atoms with Crippen LogP contribution < -0.4 is 0 Å². The Balaban J connectivity index is 0.000000297. The van der Waals surface area contributed by atoms with Crippen LogP contribution in [-0.4, -0.2) is 26.5 Å². The Morgan fingerprint density at radius 3 is 2.09 bits per heavy atom. The smallest absolute Gasteiger partial charge is 0.339 e. The van der Waals surface area contributed by atoms with Gasteiger partial charge in [0.2, 0.25) is 0 Å². The molecule has 0 spiro atoms. The molecular formula is C26H24O6Zn. The van der Waals surface area contributed by atoms with E-state index in [0.29, 0.717) is 5.56 Å². The molecule has 1 unspecified atom stereocenters. The van der Waals surface area contributed by atoms with Crippen LogP contribution in [0.3, 0.4) is 0 Å². The second-order valence-corrected chi connectivity index (χ2v) is 7.32. The molecule has 7 heteroatoms. The van der Waals surface area contributed by atoms with Crippen LogP contribution in [0, 0.1) is 0 Å². The summed E-state index contributed by atoms with van der Waals surface area (Å²) < 4.78 is 0. The molecule has 6 nitrogen and oxygen atoms in total. The van der Waals surface area contributed by atoms with E-state index in [0.717, 1.165) is 10.8 Å². The van der Waals surface area contributed by atoms with Crippen molar-refractivity contribution in [3.05, 3.63) is 107 Å². The summed E-state index contributed by atoms with van der Waals surface area (Å²) in [5.74, 6) is -0.893. The number of hydrogen-bond donors (Lipinski definition) is 4. The van der Waals surface area contributed by atoms with Gasteiger partial charge in [-0.15, -0.1) is 0 Å². The van der Waals surface area contributed by atoms with Crippen LogP contribution in [0.25, 0.3) is 10.8 Å². The van der Waals surface area contributed by atoms with E-state index in [1.165, 1.54) is 23.3 Å². The van der Waals surface area contributed by atoms with E-state index in [9.17, 15) is 9.90 Å². The van der Waals surface area contributed by atoms with Crippen LogP contribution >= 0.6 is 0 Å². The number of phenols is 2. The fourth-order valence-corrected chi connectivity index (χ4v) is 3.39. The van der Waals surface area contributed by atoms with Gasteiger partial charge < -0.3 is 15.3 Å². The molecule has 33 heavy (non-hydrogen) atoms. The molecule has 1 atom stereocenters. The van der Waals surface area contributed by atoms with Crippen molar-refractivity contribution in [2.24, 2.45) is 0 Å². The van der Waals surface area contributed by atoms with Crippen molar-refractivity contribution in [2.75, 3.05) is 0 Å². The molecule has 0 radical (unpaired) electrons. The van der Waals surface area contributed by atoms with Gasteiger partial charge in [-0.3, -0.25) is 5.26 Å². The minimum absolute atomic E-state index is 0. The van der Waals surface area contributed by atoms with Gasteiger partial charge in [-0.2, -0.15) is 0 Å². The van der Waals surface area contributed by atoms with Crippen molar-refractivity contribution in [3.63, 3.8) is 0 Å². The van der Waals surface area contributed by atoms with E-state index in [4.69, 9.17) is 15.5 Å². The maximum absolute atomic E-state index is 10.3. The van der Waals surface area contributed by atoms with Gasteiger partial charge in [0, 0.05) is 31.0 Å². The van der Waals surface area contributed by atoms with Crippen LogP contribution in [0.15, 0.2) is 84.9 Å². The third kappa shape index (κ3) is 6.62. The third-order valence-electron chi connectivity index (χ3n) is 5.22. The second-order valence-electron chi connectivity index (χ2n) is 7.32. The number of carboxylic acids is 1. The summed E-state index contributed by atoms with van der Waals surface area (Å²) in [6.45, 7) is 2.15. The molecule has 0 saturated heterocycles. The van der Waals surface area contributed by atoms with E-state index in [1.807, 2.05) is 30.3 Å². The van der Waals surface area contributed by atoms with Crippen molar-refractivity contribution in [2.45, 2.75) is 19.4 Å². The number of hydrogen-bond acceptors (Lipinski definition) is 5. The minimum Gasteiger partial charge on any atom is -0.508 e. The first-order valence-corrected chi connectivity index (χ1v) is 9.99. The number of rotatable bonds is 5. The Kier molecular flexibility index (Phi) is 9.55. The SMILES string of the molecule is CC(c1ccccc1)c1ccc2cc(O)c(COO)cc2c1.O=C(O)c1ccccc1O.[Zn]. The molecule has 0 aliphatic heterocycles. The first-order valence-electron chi connectivity index (χ1n) is 9.99. The van der Waals surface area contributed by atoms with E-state index >= 15 is 0 Å². The zero-order chi connectivity index (χ0) is 23.1. The van der Waals surface area contributed by atoms with Crippen molar-refractivity contribution >= 4 is 16.7 Å². The van der Waals surface area contributed by atoms with Crippen molar-refractivity contribution in [1.82, 2.24) is 0 Å². The molecule has 0 amide bonds. The summed E-state index contributed by atoms with van der Waals surface area (Å²) in [6, 6.07) is 25.9. The molecule has 0 saturated carbocycles. The summed E-state index contributed by atoms with van der Waals surface area (Å²) in [7, 11) is 0. The molecule has 0 aliphatic carbocycles. The molecule has 0 aromatic heterocycles. The Morgan fingerprint density at radius 2 is 1.48 bits per heavy atom. The number of phenolic OH excluding ortho intramolecular Hbond substituents is 1. The number of aromatic hydroxyl groups is 2. The zero-order valence-corrected chi connectivity index (χ0v) is 21.1. The van der Waals surface area contributed by atoms with Gasteiger partial charge in [0.15, 0.2) is 0 Å². The van der Waals surface area contributed by atoms with Crippen LogP contribution in [0.2, 0.25) is 0 Å². The average Bonchev–Trinajstić information content (AvgIpc) is 2.80. The Bertz CT molecular complexity index is 1210. The maximum Gasteiger partial charge on any atom is 0.339 e. The average molecular weight is 498 g/mol. The van der Waals surface area contributed by atoms with Crippen molar-refractivity contribution in [1.29, 1.82) is 0 Å². The monoisotopic (exact) mass is 496 g/mol. The zero-order valence-electron chi connectivity index (χ0n) is 18.2. The van der Waals surface area contributed by atoms with Gasteiger partial charge in [0.25, 0.3) is 0 Å². The largest absolute Gasteiger partial charge is 0.508 e. The van der Waals surface area contributed by atoms with E-state index in [1.54, 1.807) is 18.2 Å². The van der Waals surface area contributed by atoms with E-state index in [-0.39, 0.29) is 49.1 Å². The summed E-state index contributed by atoms with van der Waals surface area (Å²) in [5, 5.41) is 37.8. The van der Waals surface area contributed by atoms with Gasteiger partial charge in [0.1, 0.15) is 23.7 Å². The number of carboxylic acid groups (broad SMARTS) is 1. The minimum atomic E-state index is -1.11. The molecule has 0 fully saturated rings. The molecule has 166 valence electrons. The van der Waals surface area contributed by atoms with Gasteiger partial charge in [-0.1, -0.05) is 67.6 Å². The number of benzene rings is 4. The molecular weight excluding hydrogens is 474 g/mol. The second kappa shape index (κ2) is 12.1. The fourth-order valence-electron chi connectivity index (χ4n) is 3.39. The number of carbonyl (C=O) groups is 1. The fraction of sp³-hybridized carbons (Fsp3) is 0.115. The summed E-state index contributed by atoms with van der Waals surface area (Å²) in [6.07, 6.45) is 0. The van der Waals surface area contributed by atoms with Crippen LogP contribution in [0.5, 0.6) is 11.5 Å². The first kappa shape index (κ1) is 26.0. The van der Waals surface area contributed by atoms with Gasteiger partial charge in [0.05, 0.1) is 0 Å². The molecule has 0 heterocycles. The Hall–Kier alpha value is -3.25. The Morgan fingerprint density at radius 1 is 0.818 bits per heavy atom. The number of fused-ring (bicyclic) bond motifs is 1. The molecule has 4 aromatic rings. The van der Waals surface area contributed by atoms with Gasteiger partial charge in [-0.05, 0) is 46.2 Å². The van der Waals surface area contributed by atoms with Crippen LogP contribution in [-0.2, 0) is 31.0 Å². The molecule has 4 aromatic carbocycles. The van der Waals surface area contributed by atoms with Gasteiger partial charge in [-0.25, -0.2) is 9.68 Å². The summed E-state index contributed by atoms with van der Waals surface area (Å²) >= 11 is 0. The first-order chi connectivity index (χ1) is 15.4. The maximum atomic E-state index is 10.3. The molecule has 0 aliphatic rings. The van der Waals surface area contributed by atoms with E-state index < -0.39 is 5.97 Å². The molecule has 4 N–H and O–H groups in total.